The van der Waals surface area contributed by atoms with E-state index in [9.17, 15) is 27.9 Å². The van der Waals surface area contributed by atoms with Gasteiger partial charge in [0, 0.05) is 5.56 Å². The molecule has 0 aliphatic carbocycles. The zero-order chi connectivity index (χ0) is 23.9. The molecule has 0 bridgehead atoms. The molecule has 3 aromatic rings. The molecule has 168 valence electrons. The van der Waals surface area contributed by atoms with E-state index >= 15 is 0 Å². The molecule has 0 spiro atoms. The van der Waals surface area contributed by atoms with Crippen LogP contribution in [0.15, 0.2) is 69.7 Å². The Labute approximate surface area is 190 Å². The van der Waals surface area contributed by atoms with Crippen LogP contribution < -0.4 is 5.01 Å². The summed E-state index contributed by atoms with van der Waals surface area (Å²) in [5, 5.41) is 14.5. The molecule has 0 atom stereocenters. The fourth-order valence-electron chi connectivity index (χ4n) is 3.24. The smallest absolute Gasteiger partial charge is 0.416 e. The van der Waals surface area contributed by atoms with Crippen molar-refractivity contribution < 1.29 is 32.3 Å². The third kappa shape index (κ3) is 4.40. The Morgan fingerprint density at radius 3 is 2.61 bits per heavy atom. The second kappa shape index (κ2) is 8.25. The van der Waals surface area contributed by atoms with Crippen LogP contribution in [0.25, 0.3) is 17.4 Å². The van der Waals surface area contributed by atoms with Crippen LogP contribution in [0.3, 0.4) is 0 Å². The third-order valence-corrected chi connectivity index (χ3v) is 5.20. The van der Waals surface area contributed by atoms with Crippen LogP contribution in [-0.4, -0.2) is 22.7 Å². The molecule has 0 saturated heterocycles. The zero-order valence-electron chi connectivity index (χ0n) is 16.9. The monoisotopic (exact) mass is 474 g/mol. The number of hydrogen-bond donors (Lipinski definition) is 1. The molecule has 1 N–H and O–H groups in total. The minimum atomic E-state index is -4.48. The number of carboxylic acids is 1. The van der Waals surface area contributed by atoms with Crippen LogP contribution in [0.5, 0.6) is 0 Å². The number of anilines is 1. The summed E-state index contributed by atoms with van der Waals surface area (Å²) in [5.74, 6) is -1.33. The van der Waals surface area contributed by atoms with Gasteiger partial charge in [-0.15, -0.1) is 0 Å². The summed E-state index contributed by atoms with van der Waals surface area (Å²) < 4.78 is 44.6. The summed E-state index contributed by atoms with van der Waals surface area (Å²) in [5.41, 5.74) is 0.0134. The SMILES string of the molecule is CC1=NN(c2ccc(Cl)c(C(=O)O)c2)C(=O)/C1=C\c1ccc(-c2cccc(C(F)(F)F)c2)o1. The Balaban J connectivity index is 1.62. The van der Waals surface area contributed by atoms with Crippen LogP contribution in [0.1, 0.15) is 28.6 Å². The highest BCUT2D eigenvalue weighted by Gasteiger charge is 2.31. The highest BCUT2D eigenvalue weighted by Crippen LogP contribution is 2.33. The first kappa shape index (κ1) is 22.3. The fraction of sp³-hybridized carbons (Fsp3) is 0.0870. The molecule has 1 aliphatic heterocycles. The first-order chi connectivity index (χ1) is 15.5. The molecular formula is C23H14ClF3N2O4. The van der Waals surface area contributed by atoms with E-state index in [-0.39, 0.29) is 38.9 Å². The second-order valence-corrected chi connectivity index (χ2v) is 7.52. The van der Waals surface area contributed by atoms with E-state index in [0.29, 0.717) is 5.71 Å². The molecule has 1 aromatic heterocycles. The number of furan rings is 1. The van der Waals surface area contributed by atoms with Gasteiger partial charge in [-0.3, -0.25) is 4.79 Å². The third-order valence-electron chi connectivity index (χ3n) is 4.88. The topological polar surface area (TPSA) is 83.1 Å². The summed E-state index contributed by atoms with van der Waals surface area (Å²) >= 11 is 5.88. The molecule has 10 heteroatoms. The van der Waals surface area contributed by atoms with Crippen LogP contribution in [0.4, 0.5) is 18.9 Å². The van der Waals surface area contributed by atoms with Crippen molar-refractivity contribution in [2.24, 2.45) is 5.10 Å². The van der Waals surface area contributed by atoms with E-state index < -0.39 is 23.6 Å². The average Bonchev–Trinajstić information content (AvgIpc) is 3.34. The average molecular weight is 475 g/mol. The van der Waals surface area contributed by atoms with Crippen molar-refractivity contribution in [3.63, 3.8) is 0 Å². The van der Waals surface area contributed by atoms with Gasteiger partial charge in [-0.2, -0.15) is 23.3 Å². The Hall–Kier alpha value is -3.85. The highest BCUT2D eigenvalue weighted by atomic mass is 35.5. The number of halogens is 4. The van der Waals surface area contributed by atoms with E-state index in [2.05, 4.69) is 5.10 Å². The van der Waals surface area contributed by atoms with Gasteiger partial charge in [-0.25, -0.2) is 4.79 Å². The Morgan fingerprint density at radius 1 is 1.15 bits per heavy atom. The van der Waals surface area contributed by atoms with Gasteiger partial charge >= 0.3 is 12.1 Å². The number of hydrazone groups is 1. The minimum Gasteiger partial charge on any atom is -0.478 e. The summed E-state index contributed by atoms with van der Waals surface area (Å²) in [6.07, 6.45) is -3.06. The van der Waals surface area contributed by atoms with Gasteiger partial charge in [0.05, 0.1) is 33.1 Å². The van der Waals surface area contributed by atoms with E-state index in [0.717, 1.165) is 17.1 Å². The Kier molecular flexibility index (Phi) is 5.59. The van der Waals surface area contributed by atoms with Crippen molar-refractivity contribution >= 4 is 41.0 Å². The number of rotatable bonds is 4. The van der Waals surface area contributed by atoms with Crippen molar-refractivity contribution in [1.82, 2.24) is 0 Å². The molecule has 1 amide bonds. The normalized spacial score (nSPS) is 15.3. The molecule has 6 nitrogen and oxygen atoms in total. The molecule has 0 saturated carbocycles. The van der Waals surface area contributed by atoms with Crippen molar-refractivity contribution in [3.05, 3.63) is 82.1 Å². The first-order valence-corrected chi connectivity index (χ1v) is 9.84. The summed E-state index contributed by atoms with van der Waals surface area (Å²) in [6.45, 7) is 1.59. The number of amides is 1. The minimum absolute atomic E-state index is 0.0204. The number of carboxylic acid groups (broad SMARTS) is 1. The zero-order valence-corrected chi connectivity index (χ0v) is 17.6. The van der Waals surface area contributed by atoms with Crippen LogP contribution in [0, 0.1) is 0 Å². The largest absolute Gasteiger partial charge is 0.478 e. The van der Waals surface area contributed by atoms with Gasteiger partial charge < -0.3 is 9.52 Å². The standard InChI is InChI=1S/C23H14ClF3N2O4/c1-12-17(21(30)29(28-12)15-5-7-19(24)18(10-15)22(31)32)11-16-6-8-20(33-16)13-3-2-4-14(9-13)23(25,26)27/h2-11H,1H3,(H,31,32)/b17-11-. The molecule has 2 aromatic carbocycles. The van der Waals surface area contributed by atoms with E-state index in [1.54, 1.807) is 6.92 Å². The molecule has 0 fully saturated rings. The molecule has 4 rings (SSSR count). The number of hydrogen-bond acceptors (Lipinski definition) is 4. The molecule has 0 radical (unpaired) electrons. The van der Waals surface area contributed by atoms with Crippen molar-refractivity contribution in [3.8, 4) is 11.3 Å². The number of alkyl halides is 3. The van der Waals surface area contributed by atoms with Gasteiger partial charge in [-0.05, 0) is 55.5 Å². The van der Waals surface area contributed by atoms with Gasteiger partial charge in [0.15, 0.2) is 0 Å². The van der Waals surface area contributed by atoms with E-state index in [4.69, 9.17) is 16.0 Å². The summed E-state index contributed by atoms with van der Waals surface area (Å²) in [4.78, 5) is 24.2. The second-order valence-electron chi connectivity index (χ2n) is 7.11. The molecule has 1 aliphatic rings. The molecular weight excluding hydrogens is 461 g/mol. The maximum absolute atomic E-state index is 13.0. The maximum Gasteiger partial charge on any atom is 0.416 e. The Bertz CT molecular complexity index is 1340. The lowest BCUT2D eigenvalue weighted by molar-refractivity contribution is -0.137. The molecule has 2 heterocycles. The first-order valence-electron chi connectivity index (χ1n) is 9.46. The number of carbonyl (C=O) groups is 2. The maximum atomic E-state index is 13.0. The summed E-state index contributed by atoms with van der Waals surface area (Å²) in [6, 6.07) is 11.8. The van der Waals surface area contributed by atoms with Gasteiger partial charge in [0.2, 0.25) is 0 Å². The number of carbonyl (C=O) groups excluding carboxylic acids is 1. The van der Waals surface area contributed by atoms with Crippen LogP contribution >= 0.6 is 11.6 Å². The number of benzene rings is 2. The molecule has 0 unspecified atom stereocenters. The van der Waals surface area contributed by atoms with Crippen LogP contribution in [0.2, 0.25) is 5.02 Å². The quantitative estimate of drug-likeness (QED) is 0.461. The van der Waals surface area contributed by atoms with E-state index in [1.807, 2.05) is 0 Å². The van der Waals surface area contributed by atoms with Crippen LogP contribution in [-0.2, 0) is 11.0 Å². The lowest BCUT2D eigenvalue weighted by Crippen LogP contribution is -2.21. The van der Waals surface area contributed by atoms with Crippen molar-refractivity contribution in [2.45, 2.75) is 13.1 Å². The lowest BCUT2D eigenvalue weighted by atomic mass is 10.1. The van der Waals surface area contributed by atoms with Crippen molar-refractivity contribution in [1.29, 1.82) is 0 Å². The lowest BCUT2D eigenvalue weighted by Gasteiger charge is -2.12. The molecule has 33 heavy (non-hydrogen) atoms. The van der Waals surface area contributed by atoms with E-state index in [1.165, 1.54) is 48.5 Å². The summed E-state index contributed by atoms with van der Waals surface area (Å²) in [7, 11) is 0. The predicted molar refractivity (Wildman–Crippen MR) is 116 cm³/mol. The van der Waals surface area contributed by atoms with Gasteiger partial charge in [0.1, 0.15) is 11.5 Å². The van der Waals surface area contributed by atoms with Crippen molar-refractivity contribution in [2.75, 3.05) is 5.01 Å². The highest BCUT2D eigenvalue weighted by molar-refractivity contribution is 6.34. The fourth-order valence-corrected chi connectivity index (χ4v) is 3.44. The Morgan fingerprint density at radius 2 is 1.91 bits per heavy atom. The number of aromatic carboxylic acids is 1. The predicted octanol–water partition coefficient (Wildman–Crippen LogP) is 6.12. The van der Waals surface area contributed by atoms with Gasteiger partial charge in [-0.1, -0.05) is 23.7 Å². The number of nitrogens with zero attached hydrogens (tertiary/aromatic N) is 2. The van der Waals surface area contributed by atoms with Gasteiger partial charge in [0.25, 0.3) is 5.91 Å².